The summed E-state index contributed by atoms with van der Waals surface area (Å²) in [6.45, 7) is 5.26. The summed E-state index contributed by atoms with van der Waals surface area (Å²) in [5.41, 5.74) is 2.60. The third-order valence-electron chi connectivity index (χ3n) is 4.90. The average Bonchev–Trinajstić information content (AvgIpc) is 3.22. The molecule has 0 saturated heterocycles. The van der Waals surface area contributed by atoms with E-state index in [0.29, 0.717) is 28.1 Å². The number of para-hydroxylation sites is 1. The molecular weight excluding hydrogens is 400 g/mol. The van der Waals surface area contributed by atoms with Crippen molar-refractivity contribution in [3.63, 3.8) is 0 Å². The maximum Gasteiger partial charge on any atom is 0.291 e. The Bertz CT molecular complexity index is 1350. The Hall–Kier alpha value is -3.06. The molecule has 4 rings (SSSR count). The van der Waals surface area contributed by atoms with Crippen LogP contribution in [-0.4, -0.2) is 25.1 Å². The molecule has 0 radical (unpaired) electrons. The van der Waals surface area contributed by atoms with Gasteiger partial charge >= 0.3 is 0 Å². The van der Waals surface area contributed by atoms with Crippen molar-refractivity contribution in [2.75, 3.05) is 11.6 Å². The molecule has 1 amide bonds. The van der Waals surface area contributed by atoms with E-state index < -0.39 is 15.7 Å². The Morgan fingerprint density at radius 2 is 1.90 bits per heavy atom. The zero-order valence-corrected chi connectivity index (χ0v) is 18.0. The number of nitrogens with one attached hydrogen (secondary N) is 1. The molecule has 2 aromatic heterocycles. The minimum atomic E-state index is -3.35. The Balaban J connectivity index is 1.67. The third kappa shape index (κ3) is 4.11. The number of amides is 1. The van der Waals surface area contributed by atoms with E-state index >= 15 is 0 Å². The summed E-state index contributed by atoms with van der Waals surface area (Å²) in [5, 5.41) is 4.51. The van der Waals surface area contributed by atoms with E-state index in [1.807, 2.05) is 30.5 Å². The second-order valence-electron chi connectivity index (χ2n) is 8.07. The van der Waals surface area contributed by atoms with Gasteiger partial charge in [0.1, 0.15) is 5.58 Å². The van der Waals surface area contributed by atoms with Gasteiger partial charge in [0.2, 0.25) is 0 Å². The molecular formula is C23H24N2O4S. The van der Waals surface area contributed by atoms with Gasteiger partial charge in [-0.05, 0) is 36.2 Å². The molecule has 0 aliphatic rings. The van der Waals surface area contributed by atoms with Crippen molar-refractivity contribution >= 4 is 43.3 Å². The number of rotatable bonds is 6. The SMILES string of the molecule is CC(C)Cn1ccc2cc(NC(=O)c3oc4ccccc4c3CS(C)(=O)=O)ccc21. The molecule has 1 N–H and O–H groups in total. The Morgan fingerprint density at radius 3 is 2.63 bits per heavy atom. The number of furan rings is 1. The van der Waals surface area contributed by atoms with Crippen LogP contribution in [0.4, 0.5) is 5.69 Å². The number of hydrogen-bond acceptors (Lipinski definition) is 4. The van der Waals surface area contributed by atoms with Crippen LogP contribution in [0.1, 0.15) is 30.0 Å². The van der Waals surface area contributed by atoms with Crippen LogP contribution in [-0.2, 0) is 22.1 Å². The van der Waals surface area contributed by atoms with E-state index in [9.17, 15) is 13.2 Å². The van der Waals surface area contributed by atoms with E-state index in [0.717, 1.165) is 23.7 Å². The lowest BCUT2D eigenvalue weighted by atomic mass is 10.1. The van der Waals surface area contributed by atoms with Gasteiger partial charge in [-0.15, -0.1) is 0 Å². The van der Waals surface area contributed by atoms with E-state index in [1.165, 1.54) is 0 Å². The molecule has 7 heteroatoms. The van der Waals surface area contributed by atoms with Gasteiger partial charge in [0.15, 0.2) is 15.6 Å². The summed E-state index contributed by atoms with van der Waals surface area (Å²) in [4.78, 5) is 13.0. The molecule has 0 fully saturated rings. The highest BCUT2D eigenvalue weighted by Gasteiger charge is 2.23. The molecule has 156 valence electrons. The first kappa shape index (κ1) is 20.2. The summed E-state index contributed by atoms with van der Waals surface area (Å²) >= 11 is 0. The van der Waals surface area contributed by atoms with E-state index in [1.54, 1.807) is 24.3 Å². The lowest BCUT2D eigenvalue weighted by Crippen LogP contribution is -2.14. The number of carbonyl (C=O) groups is 1. The largest absolute Gasteiger partial charge is 0.451 e. The van der Waals surface area contributed by atoms with Crippen molar-refractivity contribution in [2.24, 2.45) is 5.92 Å². The highest BCUT2D eigenvalue weighted by atomic mass is 32.2. The number of anilines is 1. The zero-order chi connectivity index (χ0) is 21.5. The molecule has 2 aromatic carbocycles. The van der Waals surface area contributed by atoms with E-state index in [4.69, 9.17) is 4.42 Å². The molecule has 6 nitrogen and oxygen atoms in total. The van der Waals surface area contributed by atoms with Gasteiger partial charge in [-0.3, -0.25) is 4.79 Å². The van der Waals surface area contributed by atoms with Gasteiger partial charge in [-0.1, -0.05) is 32.0 Å². The molecule has 0 aliphatic carbocycles. The normalized spacial score (nSPS) is 12.1. The summed E-state index contributed by atoms with van der Waals surface area (Å²) in [6.07, 6.45) is 3.19. The number of aromatic nitrogens is 1. The lowest BCUT2D eigenvalue weighted by molar-refractivity contribution is 0.0998. The highest BCUT2D eigenvalue weighted by Crippen LogP contribution is 2.29. The van der Waals surface area contributed by atoms with Crippen LogP contribution in [0.25, 0.3) is 21.9 Å². The number of benzene rings is 2. The maximum absolute atomic E-state index is 13.0. The molecule has 30 heavy (non-hydrogen) atoms. The van der Waals surface area contributed by atoms with Gasteiger partial charge in [0.25, 0.3) is 5.91 Å². The molecule has 0 bridgehead atoms. The quantitative estimate of drug-likeness (QED) is 0.480. The van der Waals surface area contributed by atoms with Gasteiger partial charge in [0.05, 0.1) is 5.75 Å². The molecule has 0 unspecified atom stereocenters. The number of hydrogen-bond donors (Lipinski definition) is 1. The van der Waals surface area contributed by atoms with Crippen molar-refractivity contribution in [2.45, 2.75) is 26.1 Å². The molecule has 4 aromatic rings. The first-order chi connectivity index (χ1) is 14.2. The maximum atomic E-state index is 13.0. The van der Waals surface area contributed by atoms with Crippen LogP contribution in [0, 0.1) is 5.92 Å². The smallest absolute Gasteiger partial charge is 0.291 e. The lowest BCUT2D eigenvalue weighted by Gasteiger charge is -2.09. The van der Waals surface area contributed by atoms with Crippen LogP contribution in [0.5, 0.6) is 0 Å². The first-order valence-corrected chi connectivity index (χ1v) is 11.9. The number of fused-ring (bicyclic) bond motifs is 2. The second-order valence-corrected chi connectivity index (χ2v) is 10.2. The van der Waals surface area contributed by atoms with Crippen molar-refractivity contribution in [1.82, 2.24) is 4.57 Å². The van der Waals surface area contributed by atoms with Gasteiger partial charge in [-0.25, -0.2) is 8.42 Å². The van der Waals surface area contributed by atoms with Gasteiger partial charge in [0, 0.05) is 46.5 Å². The fourth-order valence-corrected chi connectivity index (χ4v) is 4.52. The van der Waals surface area contributed by atoms with Crippen molar-refractivity contribution in [3.05, 3.63) is 66.1 Å². The molecule has 2 heterocycles. The van der Waals surface area contributed by atoms with Crippen molar-refractivity contribution in [1.29, 1.82) is 0 Å². The Morgan fingerprint density at radius 1 is 1.13 bits per heavy atom. The monoisotopic (exact) mass is 424 g/mol. The fourth-order valence-electron chi connectivity index (χ4n) is 3.71. The molecule has 0 aliphatic heterocycles. The minimum absolute atomic E-state index is 0.0269. The predicted molar refractivity (Wildman–Crippen MR) is 119 cm³/mol. The predicted octanol–water partition coefficient (Wildman–Crippen LogP) is 4.84. The van der Waals surface area contributed by atoms with Crippen LogP contribution >= 0.6 is 0 Å². The first-order valence-electron chi connectivity index (χ1n) is 9.79. The Kier molecular flexibility index (Phi) is 5.15. The minimum Gasteiger partial charge on any atom is -0.451 e. The fraction of sp³-hybridized carbons (Fsp3) is 0.261. The van der Waals surface area contributed by atoms with Crippen LogP contribution in [0.3, 0.4) is 0 Å². The van der Waals surface area contributed by atoms with E-state index in [-0.39, 0.29) is 11.5 Å². The van der Waals surface area contributed by atoms with Crippen LogP contribution in [0.2, 0.25) is 0 Å². The molecule has 0 atom stereocenters. The van der Waals surface area contributed by atoms with Crippen LogP contribution < -0.4 is 5.32 Å². The molecule has 0 spiro atoms. The summed E-state index contributed by atoms with van der Waals surface area (Å²) in [7, 11) is -3.35. The number of carbonyl (C=O) groups excluding carboxylic acids is 1. The summed E-state index contributed by atoms with van der Waals surface area (Å²) < 4.78 is 31.8. The van der Waals surface area contributed by atoms with Crippen molar-refractivity contribution < 1.29 is 17.6 Å². The van der Waals surface area contributed by atoms with Crippen molar-refractivity contribution in [3.8, 4) is 0 Å². The summed E-state index contributed by atoms with van der Waals surface area (Å²) in [6, 6.07) is 14.8. The number of sulfone groups is 1. The topological polar surface area (TPSA) is 81.3 Å². The zero-order valence-electron chi connectivity index (χ0n) is 17.2. The summed E-state index contributed by atoms with van der Waals surface area (Å²) in [5.74, 6) is -0.171. The molecule has 0 saturated carbocycles. The second kappa shape index (κ2) is 7.65. The third-order valence-corrected chi connectivity index (χ3v) is 5.71. The highest BCUT2D eigenvalue weighted by molar-refractivity contribution is 7.89. The number of nitrogens with zero attached hydrogens (tertiary/aromatic N) is 1. The van der Waals surface area contributed by atoms with Gasteiger partial charge < -0.3 is 14.3 Å². The Labute approximate surface area is 175 Å². The van der Waals surface area contributed by atoms with Crippen LogP contribution in [0.15, 0.2) is 59.1 Å². The van der Waals surface area contributed by atoms with E-state index in [2.05, 4.69) is 23.7 Å². The average molecular weight is 425 g/mol. The standard InChI is InChI=1S/C23H24N2O4S/c1-15(2)13-25-11-10-16-12-17(8-9-20(16)25)24-23(26)22-19(14-30(3,27)28)18-6-4-5-7-21(18)29-22/h4-12,15H,13-14H2,1-3H3,(H,24,26). The van der Waals surface area contributed by atoms with Gasteiger partial charge in [-0.2, -0.15) is 0 Å².